The van der Waals surface area contributed by atoms with E-state index in [4.69, 9.17) is 0 Å². The van der Waals surface area contributed by atoms with Crippen LogP contribution in [0.25, 0.3) is 0 Å². The highest BCUT2D eigenvalue weighted by atomic mass is 79.9. The average Bonchev–Trinajstić information content (AvgIpc) is 2.81. The lowest BCUT2D eigenvalue weighted by Gasteiger charge is -2.38. The van der Waals surface area contributed by atoms with Crippen LogP contribution in [0.5, 0.6) is 0 Å². The maximum atomic E-state index is 11.9. The van der Waals surface area contributed by atoms with Crippen molar-refractivity contribution in [1.82, 2.24) is 5.32 Å². The van der Waals surface area contributed by atoms with Gasteiger partial charge < -0.3 is 10.2 Å². The van der Waals surface area contributed by atoms with Crippen molar-refractivity contribution in [2.24, 2.45) is 5.92 Å². The number of anilines is 1. The molecule has 1 amide bonds. The third-order valence-corrected chi connectivity index (χ3v) is 4.74. The Morgan fingerprint density at radius 3 is 3.00 bits per heavy atom. The summed E-state index contributed by atoms with van der Waals surface area (Å²) in [6, 6.07) is 5.98. The molecule has 2 aliphatic heterocycles. The SMILES string of the molecule is CC(=O)c1cc(Br)ccc1N1CCCC2C(=O)NCC21. The van der Waals surface area contributed by atoms with Crippen LogP contribution in [0.15, 0.2) is 22.7 Å². The molecular formula is C15H17BrN2O2. The number of benzene rings is 1. The van der Waals surface area contributed by atoms with Crippen molar-refractivity contribution in [2.45, 2.75) is 25.8 Å². The molecule has 0 spiro atoms. The van der Waals surface area contributed by atoms with E-state index in [-0.39, 0.29) is 23.7 Å². The quantitative estimate of drug-likeness (QED) is 0.843. The molecule has 2 unspecified atom stereocenters. The number of rotatable bonds is 2. The molecule has 106 valence electrons. The Bertz CT molecular complexity index is 573. The normalized spacial score (nSPS) is 25.3. The zero-order valence-electron chi connectivity index (χ0n) is 11.4. The molecule has 0 aliphatic carbocycles. The Hall–Kier alpha value is -1.36. The summed E-state index contributed by atoms with van der Waals surface area (Å²) in [5.74, 6) is 0.272. The van der Waals surface area contributed by atoms with Crippen molar-refractivity contribution in [2.75, 3.05) is 18.0 Å². The van der Waals surface area contributed by atoms with Gasteiger partial charge in [-0.2, -0.15) is 0 Å². The van der Waals surface area contributed by atoms with E-state index in [1.165, 1.54) is 0 Å². The number of nitrogens with zero attached hydrogens (tertiary/aromatic N) is 1. The van der Waals surface area contributed by atoms with E-state index >= 15 is 0 Å². The second kappa shape index (κ2) is 5.20. The van der Waals surface area contributed by atoms with Crippen molar-refractivity contribution >= 4 is 33.3 Å². The Morgan fingerprint density at radius 2 is 2.25 bits per heavy atom. The third-order valence-electron chi connectivity index (χ3n) is 4.25. The van der Waals surface area contributed by atoms with Crippen molar-refractivity contribution in [3.05, 3.63) is 28.2 Å². The van der Waals surface area contributed by atoms with Crippen LogP contribution in [0.4, 0.5) is 5.69 Å². The first kappa shape index (κ1) is 13.6. The number of ketones is 1. The Labute approximate surface area is 126 Å². The number of hydrogen-bond acceptors (Lipinski definition) is 3. The maximum absolute atomic E-state index is 11.9. The van der Waals surface area contributed by atoms with E-state index in [1.54, 1.807) is 6.92 Å². The molecule has 2 aliphatic rings. The van der Waals surface area contributed by atoms with Crippen LogP contribution in [-0.4, -0.2) is 30.8 Å². The molecule has 1 N–H and O–H groups in total. The number of nitrogens with one attached hydrogen (secondary N) is 1. The summed E-state index contributed by atoms with van der Waals surface area (Å²) >= 11 is 3.42. The minimum absolute atomic E-state index is 0.0562. The van der Waals surface area contributed by atoms with Gasteiger partial charge in [0.1, 0.15) is 0 Å². The monoisotopic (exact) mass is 336 g/mol. The number of piperidine rings is 1. The number of carbonyl (C=O) groups excluding carboxylic acids is 2. The van der Waals surface area contributed by atoms with Crippen LogP contribution < -0.4 is 10.2 Å². The summed E-state index contributed by atoms with van der Waals surface area (Å²) in [7, 11) is 0. The molecule has 0 aromatic heterocycles. The van der Waals surface area contributed by atoms with Gasteiger partial charge in [-0.1, -0.05) is 15.9 Å². The molecule has 3 rings (SSSR count). The number of hydrogen-bond donors (Lipinski definition) is 1. The van der Waals surface area contributed by atoms with E-state index in [9.17, 15) is 9.59 Å². The first-order chi connectivity index (χ1) is 9.58. The molecule has 5 heteroatoms. The van der Waals surface area contributed by atoms with Crippen molar-refractivity contribution in [1.29, 1.82) is 0 Å². The largest absolute Gasteiger partial charge is 0.365 e. The first-order valence-corrected chi connectivity index (χ1v) is 7.72. The highest BCUT2D eigenvalue weighted by Gasteiger charge is 2.41. The fourth-order valence-electron chi connectivity index (χ4n) is 3.29. The summed E-state index contributed by atoms with van der Waals surface area (Å²) in [6.45, 7) is 3.17. The fraction of sp³-hybridized carbons (Fsp3) is 0.467. The minimum Gasteiger partial charge on any atom is -0.365 e. The zero-order valence-corrected chi connectivity index (χ0v) is 12.9. The molecule has 2 fully saturated rings. The molecule has 2 saturated heterocycles. The Morgan fingerprint density at radius 1 is 1.45 bits per heavy atom. The van der Waals surface area contributed by atoms with Crippen molar-refractivity contribution in [3.8, 4) is 0 Å². The molecule has 1 aromatic carbocycles. The molecule has 0 radical (unpaired) electrons. The maximum Gasteiger partial charge on any atom is 0.225 e. The second-order valence-corrected chi connectivity index (χ2v) is 6.39. The number of fused-ring (bicyclic) bond motifs is 1. The van der Waals surface area contributed by atoms with Gasteiger partial charge in [0.15, 0.2) is 5.78 Å². The summed E-state index contributed by atoms with van der Waals surface area (Å²) in [4.78, 5) is 26.0. The van der Waals surface area contributed by atoms with E-state index in [0.717, 1.165) is 35.1 Å². The lowest BCUT2D eigenvalue weighted by molar-refractivity contribution is -0.122. The highest BCUT2D eigenvalue weighted by Crippen LogP contribution is 2.34. The number of Topliss-reactive ketones (excluding diaryl/α,β-unsaturated/α-hetero) is 1. The molecule has 0 bridgehead atoms. The molecular weight excluding hydrogens is 320 g/mol. The molecule has 0 saturated carbocycles. The van der Waals surface area contributed by atoms with Gasteiger partial charge in [0.05, 0.1) is 12.0 Å². The molecule has 4 nitrogen and oxygen atoms in total. The highest BCUT2D eigenvalue weighted by molar-refractivity contribution is 9.10. The minimum atomic E-state index is 0.0562. The van der Waals surface area contributed by atoms with Crippen molar-refractivity contribution in [3.63, 3.8) is 0 Å². The van der Waals surface area contributed by atoms with Crippen LogP contribution in [0.1, 0.15) is 30.1 Å². The average molecular weight is 337 g/mol. The fourth-order valence-corrected chi connectivity index (χ4v) is 3.65. The smallest absolute Gasteiger partial charge is 0.225 e. The predicted octanol–water partition coefficient (Wildman–Crippen LogP) is 2.37. The van der Waals surface area contributed by atoms with Crippen LogP contribution in [0, 0.1) is 5.92 Å². The van der Waals surface area contributed by atoms with E-state index in [1.807, 2.05) is 18.2 Å². The predicted molar refractivity (Wildman–Crippen MR) is 81.0 cm³/mol. The van der Waals surface area contributed by atoms with Crippen LogP contribution in [-0.2, 0) is 4.79 Å². The van der Waals surface area contributed by atoms with Crippen molar-refractivity contribution < 1.29 is 9.59 Å². The van der Waals surface area contributed by atoms with E-state index in [0.29, 0.717) is 6.54 Å². The van der Waals surface area contributed by atoms with Gasteiger partial charge in [-0.25, -0.2) is 0 Å². The van der Waals surface area contributed by atoms with E-state index < -0.39 is 0 Å². The summed E-state index contributed by atoms with van der Waals surface area (Å²) in [5, 5.41) is 2.95. The van der Waals surface area contributed by atoms with Gasteiger partial charge in [0.2, 0.25) is 5.91 Å². The van der Waals surface area contributed by atoms with Gasteiger partial charge in [-0.05, 0) is 38.0 Å². The molecule has 20 heavy (non-hydrogen) atoms. The third kappa shape index (κ3) is 2.24. The Balaban J connectivity index is 2.00. The van der Waals surface area contributed by atoms with Crippen LogP contribution in [0.2, 0.25) is 0 Å². The number of carbonyl (C=O) groups is 2. The molecule has 2 heterocycles. The standard InChI is InChI=1S/C15H17BrN2O2/c1-9(19)12-7-10(16)4-5-13(12)18-6-2-3-11-14(18)8-17-15(11)20/h4-5,7,11,14H,2-3,6,8H2,1H3,(H,17,20). The Kier molecular flexibility index (Phi) is 3.54. The zero-order chi connectivity index (χ0) is 14.3. The van der Waals surface area contributed by atoms with Gasteiger partial charge in [-0.3, -0.25) is 9.59 Å². The summed E-state index contributed by atoms with van der Waals surface area (Å²) < 4.78 is 0.903. The second-order valence-electron chi connectivity index (χ2n) is 5.47. The van der Waals surface area contributed by atoms with Gasteiger partial charge >= 0.3 is 0 Å². The summed E-state index contributed by atoms with van der Waals surface area (Å²) in [6.07, 6.45) is 1.93. The molecule has 1 aromatic rings. The van der Waals surface area contributed by atoms with Gasteiger partial charge in [-0.15, -0.1) is 0 Å². The number of halogens is 1. The topological polar surface area (TPSA) is 49.4 Å². The van der Waals surface area contributed by atoms with Crippen LogP contribution >= 0.6 is 15.9 Å². The van der Waals surface area contributed by atoms with Crippen LogP contribution in [0.3, 0.4) is 0 Å². The van der Waals surface area contributed by atoms with E-state index in [2.05, 4.69) is 26.1 Å². The molecule has 2 atom stereocenters. The lowest BCUT2D eigenvalue weighted by atomic mass is 9.90. The van der Waals surface area contributed by atoms with Gasteiger partial charge in [0.25, 0.3) is 0 Å². The summed E-state index contributed by atoms with van der Waals surface area (Å²) in [5.41, 5.74) is 1.67. The first-order valence-electron chi connectivity index (χ1n) is 6.93. The van der Waals surface area contributed by atoms with Gasteiger partial charge in [0, 0.05) is 28.8 Å². The number of amides is 1. The lowest BCUT2D eigenvalue weighted by Crippen LogP contribution is -2.46.